The Morgan fingerprint density at radius 3 is 2.57 bits per heavy atom. The van der Waals surface area contributed by atoms with E-state index in [1.165, 1.54) is 16.3 Å². The summed E-state index contributed by atoms with van der Waals surface area (Å²) in [4.78, 5) is 47.1. The van der Waals surface area contributed by atoms with Crippen LogP contribution in [0.3, 0.4) is 0 Å². The molecule has 11 nitrogen and oxygen atoms in total. The van der Waals surface area contributed by atoms with E-state index in [1.807, 2.05) is 60.7 Å². The van der Waals surface area contributed by atoms with Crippen LogP contribution in [0.1, 0.15) is 16.7 Å². The molecular formula is C32H36N8O3S. The van der Waals surface area contributed by atoms with E-state index in [4.69, 9.17) is 11.5 Å². The maximum absolute atomic E-state index is 14.1. The third-order valence-corrected chi connectivity index (χ3v) is 8.21. The molecule has 5 rings (SSSR count). The monoisotopic (exact) mass is 612 g/mol. The van der Waals surface area contributed by atoms with E-state index in [-0.39, 0.29) is 57.0 Å². The summed E-state index contributed by atoms with van der Waals surface area (Å²) in [5.74, 6) is -0.610. The zero-order valence-electron chi connectivity index (χ0n) is 24.3. The van der Waals surface area contributed by atoms with Crippen LogP contribution < -0.4 is 22.1 Å². The first-order chi connectivity index (χ1) is 21.3. The highest BCUT2D eigenvalue weighted by Gasteiger charge is 2.32. The van der Waals surface area contributed by atoms with E-state index in [9.17, 15) is 14.4 Å². The number of para-hydroxylation sites is 1. The van der Waals surface area contributed by atoms with Gasteiger partial charge in [-0.15, -0.1) is 6.58 Å². The van der Waals surface area contributed by atoms with Gasteiger partial charge >= 0.3 is 6.03 Å². The molecule has 4 amide bonds. The van der Waals surface area contributed by atoms with E-state index in [2.05, 4.69) is 22.2 Å². The predicted molar refractivity (Wildman–Crippen MR) is 173 cm³/mol. The van der Waals surface area contributed by atoms with Crippen molar-refractivity contribution in [3.63, 3.8) is 0 Å². The number of benzene rings is 3. The van der Waals surface area contributed by atoms with Crippen molar-refractivity contribution in [3.8, 4) is 0 Å². The number of hydrogen-bond acceptors (Lipinski definition) is 8. The molecule has 1 atom stereocenters. The molecule has 0 saturated carbocycles. The first-order valence-corrected chi connectivity index (χ1v) is 15.1. The molecule has 1 fully saturated rings. The van der Waals surface area contributed by atoms with Crippen molar-refractivity contribution in [1.82, 2.24) is 30.5 Å². The Labute approximate surface area is 260 Å². The Morgan fingerprint density at radius 1 is 1.05 bits per heavy atom. The number of nitrogens with zero attached hydrogens (tertiary/aromatic N) is 4. The number of nitrogens with one attached hydrogen (secondary N) is 2. The topological polar surface area (TPSA) is 150 Å². The van der Waals surface area contributed by atoms with Crippen LogP contribution in [0.2, 0.25) is 0 Å². The predicted octanol–water partition coefficient (Wildman–Crippen LogP) is 3.15. The fraction of sp³-hybridized carbons (Fsp3) is 0.250. The molecule has 12 heteroatoms. The minimum absolute atomic E-state index is 0.121. The standard InChI is InChI=1S/C32H36N8O3S/c1-2-15-40(32(43)35-19-23-7-4-3-5-8-23)39-17-16-38(20-24-9-6-10-27-29(24)37-31(34)44-27)30(42)26(36-28(41)21-39)18-22-11-13-25(33)14-12-22/h2-14,26H,1,15-21,33H2,(H2,34,37)(H,35,43)(H,36,41)/t26-/m0/s1. The van der Waals surface area contributed by atoms with Gasteiger partial charge in [0.25, 0.3) is 0 Å². The molecule has 0 aliphatic carbocycles. The SMILES string of the molecule is C=CCN(C(=O)NCc1ccccc1)N1CCN(Cc2cccc3sc(N)nc23)C(=O)[C@H](Cc2ccc(N)cc2)NC(=O)C1. The lowest BCUT2D eigenvalue weighted by Crippen LogP contribution is -2.54. The van der Waals surface area contributed by atoms with Crippen molar-refractivity contribution in [1.29, 1.82) is 0 Å². The van der Waals surface area contributed by atoms with Crippen LogP contribution >= 0.6 is 11.3 Å². The number of amides is 4. The summed E-state index contributed by atoms with van der Waals surface area (Å²) in [5.41, 5.74) is 15.9. The summed E-state index contributed by atoms with van der Waals surface area (Å²) >= 11 is 1.39. The second kappa shape index (κ2) is 14.0. The normalized spacial score (nSPS) is 16.1. The number of hydrogen-bond donors (Lipinski definition) is 4. The average Bonchev–Trinajstić information content (AvgIpc) is 3.43. The average molecular weight is 613 g/mol. The Hall–Kier alpha value is -4.94. The van der Waals surface area contributed by atoms with Gasteiger partial charge in [-0.1, -0.05) is 72.0 Å². The van der Waals surface area contributed by atoms with Gasteiger partial charge in [0.05, 0.1) is 23.3 Å². The van der Waals surface area contributed by atoms with Crippen LogP contribution in [0, 0.1) is 0 Å². The summed E-state index contributed by atoms with van der Waals surface area (Å²) in [6, 6.07) is 21.4. The van der Waals surface area contributed by atoms with Gasteiger partial charge in [-0.05, 0) is 34.9 Å². The number of aromatic nitrogens is 1. The number of rotatable bonds is 9. The van der Waals surface area contributed by atoms with E-state index < -0.39 is 6.04 Å². The van der Waals surface area contributed by atoms with Crippen LogP contribution in [-0.4, -0.2) is 70.0 Å². The molecule has 1 aliphatic rings. The number of fused-ring (bicyclic) bond motifs is 1. The molecule has 4 aromatic rings. The number of nitrogens with two attached hydrogens (primary N) is 2. The third kappa shape index (κ3) is 7.52. The molecular weight excluding hydrogens is 576 g/mol. The van der Waals surface area contributed by atoms with Crippen molar-refractivity contribution in [2.75, 3.05) is 37.6 Å². The molecule has 0 unspecified atom stereocenters. The third-order valence-electron chi connectivity index (χ3n) is 7.36. The summed E-state index contributed by atoms with van der Waals surface area (Å²) < 4.78 is 0.928. The van der Waals surface area contributed by atoms with E-state index >= 15 is 0 Å². The first kappa shape index (κ1) is 30.5. The number of anilines is 2. The lowest BCUT2D eigenvalue weighted by Gasteiger charge is -2.34. The molecule has 6 N–H and O–H groups in total. The van der Waals surface area contributed by atoms with Crippen molar-refractivity contribution in [2.24, 2.45) is 0 Å². The lowest BCUT2D eigenvalue weighted by molar-refractivity contribution is -0.136. The van der Waals surface area contributed by atoms with Gasteiger partial charge in [0.2, 0.25) is 11.8 Å². The smallest absolute Gasteiger partial charge is 0.332 e. The quantitative estimate of drug-likeness (QED) is 0.168. The second-order valence-corrected chi connectivity index (χ2v) is 11.6. The number of thiazole rings is 1. The minimum atomic E-state index is -0.828. The van der Waals surface area contributed by atoms with Gasteiger partial charge < -0.3 is 27.0 Å². The molecule has 0 radical (unpaired) electrons. The fourth-order valence-electron chi connectivity index (χ4n) is 5.17. The van der Waals surface area contributed by atoms with Crippen molar-refractivity contribution < 1.29 is 14.4 Å². The summed E-state index contributed by atoms with van der Waals surface area (Å²) in [5, 5.41) is 9.43. The van der Waals surface area contributed by atoms with Crippen molar-refractivity contribution in [2.45, 2.75) is 25.6 Å². The van der Waals surface area contributed by atoms with Crippen LogP contribution in [-0.2, 0) is 29.1 Å². The molecule has 0 bridgehead atoms. The number of urea groups is 1. The second-order valence-electron chi connectivity index (χ2n) is 10.5. The molecule has 2 heterocycles. The van der Waals surface area contributed by atoms with Gasteiger partial charge in [0, 0.05) is 38.3 Å². The Bertz CT molecular complexity index is 1630. The van der Waals surface area contributed by atoms with Crippen LogP contribution in [0.4, 0.5) is 15.6 Å². The molecule has 1 aliphatic heterocycles. The van der Waals surface area contributed by atoms with Crippen LogP contribution in [0.25, 0.3) is 10.2 Å². The summed E-state index contributed by atoms with van der Waals surface area (Å²) in [6.07, 6.45) is 1.88. The largest absolute Gasteiger partial charge is 0.399 e. The maximum atomic E-state index is 14.1. The zero-order valence-corrected chi connectivity index (χ0v) is 25.1. The molecule has 228 valence electrons. The van der Waals surface area contributed by atoms with Gasteiger partial charge in [0.15, 0.2) is 5.13 Å². The molecule has 44 heavy (non-hydrogen) atoms. The Kier molecular flexibility index (Phi) is 9.72. The van der Waals surface area contributed by atoms with Gasteiger partial charge in [-0.2, -0.15) is 0 Å². The molecule has 1 saturated heterocycles. The number of hydrazine groups is 1. The fourth-order valence-corrected chi connectivity index (χ4v) is 5.96. The highest BCUT2D eigenvalue weighted by Crippen LogP contribution is 2.27. The van der Waals surface area contributed by atoms with Gasteiger partial charge in [0.1, 0.15) is 6.04 Å². The highest BCUT2D eigenvalue weighted by atomic mass is 32.1. The van der Waals surface area contributed by atoms with E-state index in [0.29, 0.717) is 17.4 Å². The molecule has 0 spiro atoms. The Balaban J connectivity index is 1.42. The molecule has 3 aromatic carbocycles. The first-order valence-electron chi connectivity index (χ1n) is 14.3. The number of carbonyl (C=O) groups excluding carboxylic acids is 3. The Morgan fingerprint density at radius 2 is 1.82 bits per heavy atom. The lowest BCUT2D eigenvalue weighted by atomic mass is 10.0. The van der Waals surface area contributed by atoms with Crippen LogP contribution in [0.15, 0.2) is 85.5 Å². The molecule has 1 aromatic heterocycles. The van der Waals surface area contributed by atoms with Gasteiger partial charge in [-0.25, -0.2) is 14.8 Å². The summed E-state index contributed by atoms with van der Waals surface area (Å²) in [7, 11) is 0. The van der Waals surface area contributed by atoms with E-state index in [1.54, 1.807) is 28.1 Å². The van der Waals surface area contributed by atoms with Gasteiger partial charge in [-0.3, -0.25) is 14.6 Å². The highest BCUT2D eigenvalue weighted by molar-refractivity contribution is 7.22. The zero-order chi connectivity index (χ0) is 31.1. The minimum Gasteiger partial charge on any atom is -0.399 e. The van der Waals surface area contributed by atoms with E-state index in [0.717, 1.165) is 26.9 Å². The number of nitrogen functional groups attached to an aromatic ring is 2. The maximum Gasteiger partial charge on any atom is 0.332 e. The van der Waals surface area contributed by atoms with Crippen LogP contribution in [0.5, 0.6) is 0 Å². The van der Waals surface area contributed by atoms with Crippen molar-refractivity contribution >= 4 is 50.2 Å². The number of carbonyl (C=O) groups is 3. The summed E-state index contributed by atoms with van der Waals surface area (Å²) in [6.45, 7) is 4.93. The van der Waals surface area contributed by atoms with Crippen molar-refractivity contribution in [3.05, 3.63) is 102 Å².